The van der Waals surface area contributed by atoms with Gasteiger partial charge >= 0.3 is 0 Å². The van der Waals surface area contributed by atoms with Crippen LogP contribution in [-0.4, -0.2) is 39.5 Å². The first-order valence-electron chi connectivity index (χ1n) is 11.8. The highest BCUT2D eigenvalue weighted by Gasteiger charge is 2.16. The summed E-state index contributed by atoms with van der Waals surface area (Å²) in [6.07, 6.45) is 6.80. The number of nitrogens with one attached hydrogen (secondary N) is 1. The molecule has 0 saturated heterocycles. The molecule has 38 heavy (non-hydrogen) atoms. The number of aromatic nitrogens is 4. The van der Waals surface area contributed by atoms with Crippen molar-refractivity contribution in [2.75, 3.05) is 10.5 Å². The van der Waals surface area contributed by atoms with Gasteiger partial charge in [0.2, 0.25) is 10.0 Å². The lowest BCUT2D eigenvalue weighted by molar-refractivity contribution is 0.0980. The Labute approximate surface area is 227 Å². The molecule has 1 N–H and O–H groups in total. The lowest BCUT2D eigenvalue weighted by Gasteiger charge is -2.11. The molecule has 9 nitrogen and oxygen atoms in total. The van der Waals surface area contributed by atoms with E-state index in [0.717, 1.165) is 21.8 Å². The van der Waals surface area contributed by atoms with Gasteiger partial charge in [-0.2, -0.15) is 5.26 Å². The molecule has 0 aliphatic heterocycles. The standard InChI is InChI=1S/C16H18N2O3S2.C11H10N4/c1-3-14(19)16-15(22-13-8-6-5-7-9-13)10-12(11-17-16)18-23(20,21)4-2;1-8-10(3-9(4-12)5-14-8)11-6-13-7-15(11)2/h5-11,18H,3-4H2,1-2H3;3,5-7H,1-2H3. The fraction of sp³-hybridized carbons (Fsp3) is 0.222. The molecule has 0 unspecified atom stereocenters. The number of pyridine rings is 2. The largest absolute Gasteiger partial charge is 0.334 e. The van der Waals surface area contributed by atoms with Crippen molar-refractivity contribution in [2.24, 2.45) is 7.05 Å². The third kappa shape index (κ3) is 7.50. The molecule has 1 aromatic carbocycles. The summed E-state index contributed by atoms with van der Waals surface area (Å²) in [5, 5.41) is 8.81. The summed E-state index contributed by atoms with van der Waals surface area (Å²) >= 11 is 1.39. The highest BCUT2D eigenvalue weighted by molar-refractivity contribution is 7.99. The van der Waals surface area contributed by atoms with E-state index in [0.29, 0.717) is 28.3 Å². The molecule has 3 aromatic heterocycles. The number of imidazole rings is 1. The summed E-state index contributed by atoms with van der Waals surface area (Å²) in [4.78, 5) is 26.1. The first-order chi connectivity index (χ1) is 18.2. The number of aryl methyl sites for hydroxylation is 2. The maximum atomic E-state index is 12.1. The first-order valence-corrected chi connectivity index (χ1v) is 14.2. The monoisotopic (exact) mass is 548 g/mol. The van der Waals surface area contributed by atoms with Crippen LogP contribution in [0, 0.1) is 18.3 Å². The van der Waals surface area contributed by atoms with Crippen LogP contribution in [0.4, 0.5) is 5.69 Å². The van der Waals surface area contributed by atoms with Gasteiger partial charge in [-0.1, -0.05) is 36.9 Å². The van der Waals surface area contributed by atoms with Gasteiger partial charge in [-0.25, -0.2) is 18.4 Å². The van der Waals surface area contributed by atoms with E-state index >= 15 is 0 Å². The number of anilines is 1. The van der Waals surface area contributed by atoms with Gasteiger partial charge in [-0.3, -0.25) is 14.5 Å². The number of hydrogen-bond donors (Lipinski definition) is 1. The number of rotatable bonds is 8. The van der Waals surface area contributed by atoms with E-state index in [4.69, 9.17) is 5.26 Å². The Kier molecular flexibility index (Phi) is 9.76. The Balaban J connectivity index is 0.000000230. The Morgan fingerprint density at radius 2 is 1.84 bits per heavy atom. The average molecular weight is 549 g/mol. The topological polar surface area (TPSA) is 131 Å². The molecule has 4 rings (SSSR count). The molecule has 0 bridgehead atoms. The summed E-state index contributed by atoms with van der Waals surface area (Å²) in [5.41, 5.74) is 4.11. The van der Waals surface area contributed by atoms with Gasteiger partial charge in [-0.05, 0) is 38.1 Å². The van der Waals surface area contributed by atoms with Gasteiger partial charge in [0.05, 0.1) is 41.4 Å². The van der Waals surface area contributed by atoms with E-state index in [1.807, 2.05) is 54.9 Å². The van der Waals surface area contributed by atoms with Gasteiger partial charge in [-0.15, -0.1) is 0 Å². The van der Waals surface area contributed by atoms with Crippen molar-refractivity contribution >= 4 is 33.3 Å². The molecule has 0 aliphatic rings. The summed E-state index contributed by atoms with van der Waals surface area (Å²) in [6, 6.07) is 15.1. The second-order valence-electron chi connectivity index (χ2n) is 8.13. The van der Waals surface area contributed by atoms with Crippen molar-refractivity contribution in [2.45, 2.75) is 37.0 Å². The lowest BCUT2D eigenvalue weighted by atomic mass is 10.1. The van der Waals surface area contributed by atoms with Crippen LogP contribution in [0.1, 0.15) is 42.0 Å². The number of carbonyl (C=O) groups is 1. The van der Waals surface area contributed by atoms with E-state index in [9.17, 15) is 13.2 Å². The van der Waals surface area contributed by atoms with Gasteiger partial charge in [0, 0.05) is 40.7 Å². The summed E-state index contributed by atoms with van der Waals surface area (Å²) < 4.78 is 27.8. The molecule has 0 atom stereocenters. The van der Waals surface area contributed by atoms with E-state index in [-0.39, 0.29) is 11.5 Å². The summed E-state index contributed by atoms with van der Waals surface area (Å²) in [5.74, 6) is -0.0996. The number of nitrogens with zero attached hydrogens (tertiary/aromatic N) is 5. The van der Waals surface area contributed by atoms with Crippen molar-refractivity contribution in [1.29, 1.82) is 5.26 Å². The molecule has 4 aromatic rings. The second kappa shape index (κ2) is 13.0. The molecule has 0 fully saturated rings. The van der Waals surface area contributed by atoms with E-state index in [1.54, 1.807) is 38.6 Å². The summed E-state index contributed by atoms with van der Waals surface area (Å²) in [6.45, 7) is 5.25. The maximum absolute atomic E-state index is 12.1. The molecule has 196 valence electrons. The van der Waals surface area contributed by atoms with Crippen LogP contribution in [0.15, 0.2) is 77.2 Å². The zero-order valence-electron chi connectivity index (χ0n) is 21.5. The minimum atomic E-state index is -3.39. The van der Waals surface area contributed by atoms with Gasteiger partial charge < -0.3 is 4.57 Å². The number of Topliss-reactive ketones (excluding diaryl/α,β-unsaturated/α-hetero) is 1. The fourth-order valence-corrected chi connectivity index (χ4v) is 4.90. The fourth-order valence-electron chi connectivity index (χ4n) is 3.29. The zero-order chi connectivity index (χ0) is 27.7. The molecule has 0 spiro atoms. The molecule has 0 radical (unpaired) electrons. The molecule has 0 amide bonds. The van der Waals surface area contributed by atoms with Crippen molar-refractivity contribution in [1.82, 2.24) is 19.5 Å². The zero-order valence-corrected chi connectivity index (χ0v) is 23.2. The third-order valence-electron chi connectivity index (χ3n) is 5.37. The van der Waals surface area contributed by atoms with Crippen molar-refractivity contribution in [3.8, 4) is 17.3 Å². The normalized spacial score (nSPS) is 10.7. The van der Waals surface area contributed by atoms with Crippen LogP contribution in [0.25, 0.3) is 11.3 Å². The van der Waals surface area contributed by atoms with E-state index in [1.165, 1.54) is 18.0 Å². The Morgan fingerprint density at radius 1 is 1.11 bits per heavy atom. The van der Waals surface area contributed by atoms with Crippen LogP contribution in [0.5, 0.6) is 0 Å². The predicted octanol–water partition coefficient (Wildman–Crippen LogP) is 5.25. The van der Waals surface area contributed by atoms with Gasteiger partial charge in [0.25, 0.3) is 0 Å². The molecule has 11 heteroatoms. The van der Waals surface area contributed by atoms with Crippen LogP contribution < -0.4 is 4.72 Å². The SMILES string of the molecule is CCC(=O)c1ncc(NS(=O)(=O)CC)cc1Sc1ccccc1.Cc1ncc(C#N)cc1-c1cncn1C. The molecule has 0 saturated carbocycles. The predicted molar refractivity (Wildman–Crippen MR) is 148 cm³/mol. The number of nitriles is 1. The maximum Gasteiger partial charge on any atom is 0.232 e. The van der Waals surface area contributed by atoms with Gasteiger partial charge in [0.15, 0.2) is 5.78 Å². The quantitative estimate of drug-likeness (QED) is 0.296. The second-order valence-corrected chi connectivity index (χ2v) is 11.3. The van der Waals surface area contributed by atoms with Crippen LogP contribution in [0.3, 0.4) is 0 Å². The average Bonchev–Trinajstić information content (AvgIpc) is 3.35. The molecule has 3 heterocycles. The molecule has 0 aliphatic carbocycles. The van der Waals surface area contributed by atoms with E-state index < -0.39 is 10.0 Å². The highest BCUT2D eigenvalue weighted by atomic mass is 32.2. The number of sulfonamides is 1. The van der Waals surface area contributed by atoms with Crippen molar-refractivity contribution < 1.29 is 13.2 Å². The summed E-state index contributed by atoms with van der Waals surface area (Å²) in [7, 11) is -1.47. The number of carbonyl (C=O) groups excluding carboxylic acids is 1. The smallest absolute Gasteiger partial charge is 0.232 e. The van der Waals surface area contributed by atoms with Gasteiger partial charge in [0.1, 0.15) is 11.8 Å². The molecular formula is C27H28N6O3S2. The van der Waals surface area contributed by atoms with Crippen LogP contribution in [0.2, 0.25) is 0 Å². The third-order valence-corrected chi connectivity index (χ3v) is 7.72. The lowest BCUT2D eigenvalue weighted by Crippen LogP contribution is -2.15. The van der Waals surface area contributed by atoms with Crippen molar-refractivity contribution in [3.05, 3.63) is 84.3 Å². The highest BCUT2D eigenvalue weighted by Crippen LogP contribution is 2.32. The number of ketones is 1. The van der Waals surface area contributed by atoms with Crippen LogP contribution >= 0.6 is 11.8 Å². The van der Waals surface area contributed by atoms with E-state index in [2.05, 4.69) is 25.7 Å². The first kappa shape index (κ1) is 28.6. The van der Waals surface area contributed by atoms with Crippen LogP contribution in [-0.2, 0) is 17.1 Å². The Hall–Kier alpha value is -4.01. The van der Waals surface area contributed by atoms with Crippen molar-refractivity contribution in [3.63, 3.8) is 0 Å². The number of benzene rings is 1. The molecular weight excluding hydrogens is 520 g/mol. The minimum Gasteiger partial charge on any atom is -0.334 e. The number of hydrogen-bond acceptors (Lipinski definition) is 8. The Bertz CT molecular complexity index is 1560. The Morgan fingerprint density at radius 3 is 2.45 bits per heavy atom. The minimum absolute atomic E-state index is 0.0240.